The SMILES string of the molecule is CC(C)OC(=O)c1cc([N+](=O)[O-])c(NCC(=O)O)c([N+](=O)[O-])c1. The second-order valence-corrected chi connectivity index (χ2v) is 4.61. The summed E-state index contributed by atoms with van der Waals surface area (Å²) in [6.07, 6.45) is -0.523. The number of aliphatic carboxylic acids is 1. The average Bonchev–Trinajstić information content (AvgIpc) is 2.42. The van der Waals surface area contributed by atoms with Gasteiger partial charge in [-0.25, -0.2) is 4.79 Å². The summed E-state index contributed by atoms with van der Waals surface area (Å²) in [4.78, 5) is 42.6. The van der Waals surface area contributed by atoms with E-state index in [1.54, 1.807) is 13.8 Å². The molecule has 2 N–H and O–H groups in total. The van der Waals surface area contributed by atoms with Crippen molar-refractivity contribution < 1.29 is 29.3 Å². The number of anilines is 1. The Kier molecular flexibility index (Phi) is 5.54. The van der Waals surface area contributed by atoms with E-state index < -0.39 is 51.5 Å². The van der Waals surface area contributed by atoms with Crippen LogP contribution in [0.4, 0.5) is 17.1 Å². The van der Waals surface area contributed by atoms with Crippen molar-refractivity contribution in [3.8, 4) is 0 Å². The second kappa shape index (κ2) is 7.15. The van der Waals surface area contributed by atoms with Crippen LogP contribution in [0, 0.1) is 20.2 Å². The number of benzene rings is 1. The highest BCUT2D eigenvalue weighted by Gasteiger charge is 2.29. The molecular formula is C12H13N3O8. The number of nitrogens with zero attached hydrogens (tertiary/aromatic N) is 2. The lowest BCUT2D eigenvalue weighted by atomic mass is 10.1. The van der Waals surface area contributed by atoms with Gasteiger partial charge in [-0.15, -0.1) is 0 Å². The topological polar surface area (TPSA) is 162 Å². The van der Waals surface area contributed by atoms with E-state index in [1.165, 1.54) is 0 Å². The lowest BCUT2D eigenvalue weighted by Gasteiger charge is -2.10. The number of carboxylic acid groups (broad SMARTS) is 1. The number of ether oxygens (including phenoxy) is 1. The normalized spacial score (nSPS) is 10.2. The first kappa shape index (κ1) is 17.8. The van der Waals surface area contributed by atoms with Gasteiger partial charge in [0.05, 0.1) is 21.5 Å². The molecule has 0 aromatic heterocycles. The van der Waals surface area contributed by atoms with Gasteiger partial charge in [-0.1, -0.05) is 0 Å². The van der Waals surface area contributed by atoms with Gasteiger partial charge in [0.1, 0.15) is 6.54 Å². The first-order chi connectivity index (χ1) is 10.6. The number of hydrogen-bond donors (Lipinski definition) is 2. The van der Waals surface area contributed by atoms with Crippen LogP contribution in [0.5, 0.6) is 0 Å². The van der Waals surface area contributed by atoms with Gasteiger partial charge in [-0.2, -0.15) is 0 Å². The maximum absolute atomic E-state index is 11.8. The van der Waals surface area contributed by atoms with Gasteiger partial charge in [0.25, 0.3) is 11.4 Å². The summed E-state index contributed by atoms with van der Waals surface area (Å²) in [5, 5.41) is 32.9. The summed E-state index contributed by atoms with van der Waals surface area (Å²) >= 11 is 0. The van der Waals surface area contributed by atoms with Crippen LogP contribution in [0.3, 0.4) is 0 Å². The zero-order valence-electron chi connectivity index (χ0n) is 12.1. The Morgan fingerprint density at radius 2 is 1.70 bits per heavy atom. The van der Waals surface area contributed by atoms with Crippen molar-refractivity contribution in [1.82, 2.24) is 0 Å². The van der Waals surface area contributed by atoms with Crippen molar-refractivity contribution in [2.75, 3.05) is 11.9 Å². The number of nitrogens with one attached hydrogen (secondary N) is 1. The lowest BCUT2D eigenvalue weighted by molar-refractivity contribution is -0.392. The monoisotopic (exact) mass is 327 g/mol. The van der Waals surface area contributed by atoms with E-state index in [9.17, 15) is 29.8 Å². The first-order valence-corrected chi connectivity index (χ1v) is 6.27. The minimum absolute atomic E-state index is 0.377. The minimum atomic E-state index is -1.36. The highest BCUT2D eigenvalue weighted by atomic mass is 16.6. The number of rotatable bonds is 7. The maximum Gasteiger partial charge on any atom is 0.338 e. The molecule has 1 aromatic rings. The van der Waals surface area contributed by atoms with Gasteiger partial charge < -0.3 is 15.2 Å². The van der Waals surface area contributed by atoms with Crippen molar-refractivity contribution in [3.63, 3.8) is 0 Å². The highest BCUT2D eigenvalue weighted by molar-refractivity contribution is 5.94. The summed E-state index contributed by atoms with van der Waals surface area (Å²) in [6, 6.07) is 1.59. The fourth-order valence-corrected chi connectivity index (χ4v) is 1.64. The number of esters is 1. The van der Waals surface area contributed by atoms with Crippen molar-refractivity contribution in [3.05, 3.63) is 37.9 Å². The molecule has 0 unspecified atom stereocenters. The van der Waals surface area contributed by atoms with E-state index in [4.69, 9.17) is 9.84 Å². The smallest absolute Gasteiger partial charge is 0.338 e. The molecule has 11 nitrogen and oxygen atoms in total. The van der Waals surface area contributed by atoms with E-state index in [-0.39, 0.29) is 5.56 Å². The lowest BCUT2D eigenvalue weighted by Crippen LogP contribution is -2.16. The van der Waals surface area contributed by atoms with Crippen LogP contribution in [-0.4, -0.2) is 39.5 Å². The molecule has 1 rings (SSSR count). The second-order valence-electron chi connectivity index (χ2n) is 4.61. The van der Waals surface area contributed by atoms with Crippen molar-refractivity contribution in [1.29, 1.82) is 0 Å². The van der Waals surface area contributed by atoms with Gasteiger partial charge in [0.2, 0.25) is 0 Å². The number of nitro benzene ring substituents is 2. The Labute approximate surface area is 129 Å². The minimum Gasteiger partial charge on any atom is -0.480 e. The fraction of sp³-hybridized carbons (Fsp3) is 0.333. The van der Waals surface area contributed by atoms with Crippen LogP contribution in [0.2, 0.25) is 0 Å². The van der Waals surface area contributed by atoms with Crippen molar-refractivity contribution in [2.45, 2.75) is 20.0 Å². The molecule has 0 atom stereocenters. The van der Waals surface area contributed by atoms with Crippen LogP contribution in [0.25, 0.3) is 0 Å². The molecule has 0 aliphatic heterocycles. The molecule has 0 spiro atoms. The molecule has 0 saturated heterocycles. The Hall–Kier alpha value is -3.24. The third-order valence-corrected chi connectivity index (χ3v) is 2.48. The molecule has 0 bridgehead atoms. The van der Waals surface area contributed by atoms with E-state index in [0.717, 1.165) is 12.1 Å². The molecule has 124 valence electrons. The van der Waals surface area contributed by atoms with Gasteiger partial charge in [-0.3, -0.25) is 25.0 Å². The predicted molar refractivity (Wildman–Crippen MR) is 76.4 cm³/mol. The summed E-state index contributed by atoms with van der Waals surface area (Å²) in [5.74, 6) is -2.33. The van der Waals surface area contributed by atoms with Crippen LogP contribution in [0.15, 0.2) is 12.1 Å². The standard InChI is InChI=1S/C12H13N3O8/c1-6(2)23-12(18)7-3-8(14(19)20)11(13-5-10(16)17)9(4-7)15(21)22/h3-4,6,13H,5H2,1-2H3,(H,16,17). The van der Waals surface area contributed by atoms with E-state index in [1.807, 2.05) is 0 Å². The van der Waals surface area contributed by atoms with Gasteiger partial charge >= 0.3 is 11.9 Å². The summed E-state index contributed by atoms with van der Waals surface area (Å²) < 4.78 is 4.85. The molecule has 23 heavy (non-hydrogen) atoms. The van der Waals surface area contributed by atoms with E-state index >= 15 is 0 Å². The Morgan fingerprint density at radius 3 is 2.04 bits per heavy atom. The number of carbonyl (C=O) groups is 2. The van der Waals surface area contributed by atoms with Gasteiger partial charge in [0, 0.05) is 12.1 Å². The van der Waals surface area contributed by atoms with Crippen LogP contribution in [-0.2, 0) is 9.53 Å². The third kappa shape index (κ3) is 4.62. The summed E-state index contributed by atoms with van der Waals surface area (Å²) in [6.45, 7) is 2.32. The largest absolute Gasteiger partial charge is 0.480 e. The Bertz CT molecular complexity index is 635. The fourth-order valence-electron chi connectivity index (χ4n) is 1.64. The predicted octanol–water partition coefficient (Wildman–Crippen LogP) is 1.56. The molecule has 0 amide bonds. The van der Waals surface area contributed by atoms with Crippen LogP contribution < -0.4 is 5.32 Å². The maximum atomic E-state index is 11.8. The van der Waals surface area contributed by atoms with Crippen molar-refractivity contribution in [2.24, 2.45) is 0 Å². The number of nitro groups is 2. The molecule has 0 aliphatic rings. The molecule has 1 aromatic carbocycles. The molecule has 11 heteroatoms. The quantitative estimate of drug-likeness (QED) is 0.430. The third-order valence-electron chi connectivity index (χ3n) is 2.48. The van der Waals surface area contributed by atoms with Gasteiger partial charge in [-0.05, 0) is 13.8 Å². The molecule has 0 aliphatic carbocycles. The van der Waals surface area contributed by atoms with Gasteiger partial charge in [0.15, 0.2) is 5.69 Å². The zero-order chi connectivity index (χ0) is 17.7. The molecule has 0 fully saturated rings. The Balaban J connectivity index is 3.45. The zero-order valence-corrected chi connectivity index (χ0v) is 12.1. The summed E-state index contributed by atoms with van der Waals surface area (Å²) in [5.41, 5.74) is -2.56. The Morgan fingerprint density at radius 1 is 1.22 bits per heavy atom. The molecule has 0 saturated carbocycles. The van der Waals surface area contributed by atoms with E-state index in [0.29, 0.717) is 0 Å². The molecular weight excluding hydrogens is 314 g/mol. The molecule has 0 heterocycles. The van der Waals surface area contributed by atoms with Crippen LogP contribution in [0.1, 0.15) is 24.2 Å². The van der Waals surface area contributed by atoms with Crippen molar-refractivity contribution >= 4 is 29.0 Å². The summed E-state index contributed by atoms with van der Waals surface area (Å²) in [7, 11) is 0. The number of carbonyl (C=O) groups excluding carboxylic acids is 1. The first-order valence-electron chi connectivity index (χ1n) is 6.27. The highest BCUT2D eigenvalue weighted by Crippen LogP contribution is 2.35. The van der Waals surface area contributed by atoms with Crippen LogP contribution >= 0.6 is 0 Å². The average molecular weight is 327 g/mol. The number of hydrogen-bond acceptors (Lipinski definition) is 8. The molecule has 0 radical (unpaired) electrons. The number of carboxylic acids is 1. The van der Waals surface area contributed by atoms with E-state index in [2.05, 4.69) is 5.32 Å².